The Morgan fingerprint density at radius 3 is 2.47 bits per heavy atom. The number of hydrogen-bond donors (Lipinski definition) is 1. The molecule has 0 spiro atoms. The minimum absolute atomic E-state index is 0.110. The fraction of sp³-hybridized carbons (Fsp3) is 0.733. The van der Waals surface area contributed by atoms with E-state index in [1.54, 1.807) is 0 Å². The third-order valence-corrected chi connectivity index (χ3v) is 3.57. The first-order valence-corrected chi connectivity index (χ1v) is 7.18. The van der Waals surface area contributed by atoms with Crippen LogP contribution in [0.25, 0.3) is 0 Å². The van der Waals surface area contributed by atoms with Gasteiger partial charge in [0, 0.05) is 24.7 Å². The quantitative estimate of drug-likeness (QED) is 0.909. The van der Waals surface area contributed by atoms with Crippen LogP contribution in [0.3, 0.4) is 0 Å². The topological polar surface area (TPSA) is 41.1 Å². The van der Waals surface area contributed by atoms with E-state index in [0.717, 1.165) is 30.5 Å². The maximum atomic E-state index is 4.57. The van der Waals surface area contributed by atoms with Crippen LogP contribution in [-0.4, -0.2) is 28.1 Å². The third kappa shape index (κ3) is 3.90. The lowest BCUT2D eigenvalue weighted by Crippen LogP contribution is -2.35. The predicted octanol–water partition coefficient (Wildman–Crippen LogP) is 2.60. The summed E-state index contributed by atoms with van der Waals surface area (Å²) in [6.07, 6.45) is 5.05. The van der Waals surface area contributed by atoms with Crippen LogP contribution in [0.4, 0.5) is 5.82 Å². The molecule has 2 rings (SSSR count). The maximum absolute atomic E-state index is 4.57. The van der Waals surface area contributed by atoms with Crippen molar-refractivity contribution in [3.05, 3.63) is 18.1 Å². The number of nitrogens with one attached hydrogen (secondary N) is 1. The Bertz CT molecular complexity index is 407. The van der Waals surface area contributed by atoms with Crippen molar-refractivity contribution in [2.45, 2.75) is 59.2 Å². The van der Waals surface area contributed by atoms with Crippen LogP contribution in [0.15, 0.2) is 12.4 Å². The number of nitrogens with zero attached hydrogens (tertiary/aromatic N) is 3. The van der Waals surface area contributed by atoms with Gasteiger partial charge in [0.1, 0.15) is 5.82 Å². The number of anilines is 1. The maximum Gasteiger partial charge on any atom is 0.147 e. The van der Waals surface area contributed by atoms with Gasteiger partial charge in [-0.2, -0.15) is 0 Å². The van der Waals surface area contributed by atoms with Crippen LogP contribution in [0.5, 0.6) is 0 Å². The highest BCUT2D eigenvalue weighted by Gasteiger charge is 2.27. The van der Waals surface area contributed by atoms with Gasteiger partial charge in [-0.15, -0.1) is 0 Å². The zero-order chi connectivity index (χ0) is 14.0. The molecule has 0 bridgehead atoms. The summed E-state index contributed by atoms with van der Waals surface area (Å²) in [5, 5.41) is 3.43. The summed E-state index contributed by atoms with van der Waals surface area (Å²) in [5.74, 6) is 1.76. The van der Waals surface area contributed by atoms with E-state index in [9.17, 15) is 0 Å². The van der Waals surface area contributed by atoms with Crippen molar-refractivity contribution >= 4 is 5.82 Å². The molecule has 2 unspecified atom stereocenters. The van der Waals surface area contributed by atoms with Gasteiger partial charge >= 0.3 is 0 Å². The molecule has 19 heavy (non-hydrogen) atoms. The van der Waals surface area contributed by atoms with Crippen molar-refractivity contribution in [3.8, 4) is 0 Å². The Hall–Kier alpha value is -1.16. The van der Waals surface area contributed by atoms with Gasteiger partial charge < -0.3 is 10.2 Å². The summed E-state index contributed by atoms with van der Waals surface area (Å²) in [5.41, 5.74) is 1.11. The lowest BCUT2D eigenvalue weighted by molar-refractivity contribution is 0.421. The molecule has 1 aromatic rings. The smallest absolute Gasteiger partial charge is 0.147 e. The Morgan fingerprint density at radius 2 is 2.00 bits per heavy atom. The molecule has 1 aliphatic heterocycles. The molecule has 0 saturated carbocycles. The van der Waals surface area contributed by atoms with Crippen molar-refractivity contribution in [2.75, 3.05) is 11.4 Å². The Kier molecular flexibility index (Phi) is 4.09. The third-order valence-electron chi connectivity index (χ3n) is 3.57. The molecule has 1 aliphatic rings. The molecule has 0 amide bonds. The van der Waals surface area contributed by atoms with Crippen molar-refractivity contribution in [1.82, 2.24) is 15.3 Å². The number of aromatic nitrogens is 2. The lowest BCUT2D eigenvalue weighted by Gasteiger charge is -2.23. The van der Waals surface area contributed by atoms with Crippen molar-refractivity contribution in [3.63, 3.8) is 0 Å². The van der Waals surface area contributed by atoms with E-state index < -0.39 is 0 Å². The van der Waals surface area contributed by atoms with Gasteiger partial charge in [-0.25, -0.2) is 4.98 Å². The van der Waals surface area contributed by atoms with Crippen LogP contribution in [-0.2, 0) is 6.54 Å². The molecule has 2 atom stereocenters. The molecule has 0 radical (unpaired) electrons. The van der Waals surface area contributed by atoms with E-state index in [-0.39, 0.29) is 5.54 Å². The minimum Gasteiger partial charge on any atom is -0.352 e. The summed E-state index contributed by atoms with van der Waals surface area (Å²) < 4.78 is 0. The molecule has 0 aliphatic carbocycles. The van der Waals surface area contributed by atoms with Crippen LogP contribution in [0.2, 0.25) is 0 Å². The summed E-state index contributed by atoms with van der Waals surface area (Å²) >= 11 is 0. The van der Waals surface area contributed by atoms with Gasteiger partial charge in [-0.3, -0.25) is 4.98 Å². The van der Waals surface area contributed by atoms with Crippen LogP contribution in [0, 0.1) is 5.92 Å². The Balaban J connectivity index is 1.99. The molecular formula is C15H26N4. The average molecular weight is 262 g/mol. The molecule has 4 nitrogen and oxygen atoms in total. The summed E-state index contributed by atoms with van der Waals surface area (Å²) in [6, 6.07) is 0.572. The molecule has 106 valence electrons. The van der Waals surface area contributed by atoms with Crippen LogP contribution < -0.4 is 10.2 Å². The van der Waals surface area contributed by atoms with Gasteiger partial charge in [0.15, 0.2) is 0 Å². The van der Waals surface area contributed by atoms with E-state index in [1.165, 1.54) is 6.42 Å². The molecule has 4 heteroatoms. The highest BCUT2D eigenvalue weighted by molar-refractivity contribution is 5.38. The van der Waals surface area contributed by atoms with E-state index in [2.05, 4.69) is 54.8 Å². The molecule has 1 N–H and O–H groups in total. The van der Waals surface area contributed by atoms with Gasteiger partial charge in [0.05, 0.1) is 18.1 Å². The molecule has 1 aromatic heterocycles. The highest BCUT2D eigenvalue weighted by atomic mass is 15.2. The first-order chi connectivity index (χ1) is 8.85. The second kappa shape index (κ2) is 5.45. The van der Waals surface area contributed by atoms with Gasteiger partial charge in [-0.1, -0.05) is 6.92 Å². The van der Waals surface area contributed by atoms with Gasteiger partial charge in [0.25, 0.3) is 0 Å². The zero-order valence-corrected chi connectivity index (χ0v) is 12.8. The second-order valence-corrected chi connectivity index (χ2v) is 6.81. The van der Waals surface area contributed by atoms with E-state index in [4.69, 9.17) is 0 Å². The Labute approximate surface area is 116 Å². The van der Waals surface area contributed by atoms with Crippen molar-refractivity contribution in [1.29, 1.82) is 0 Å². The molecule has 1 saturated heterocycles. The predicted molar refractivity (Wildman–Crippen MR) is 79.2 cm³/mol. The lowest BCUT2D eigenvalue weighted by atomic mass is 10.1. The molecular weight excluding hydrogens is 236 g/mol. The molecule has 2 heterocycles. The summed E-state index contributed by atoms with van der Waals surface area (Å²) in [7, 11) is 0. The monoisotopic (exact) mass is 262 g/mol. The second-order valence-electron chi connectivity index (χ2n) is 6.81. The first-order valence-electron chi connectivity index (χ1n) is 7.18. The van der Waals surface area contributed by atoms with Crippen LogP contribution in [0.1, 0.15) is 46.7 Å². The standard InChI is InChI=1S/C15H26N4/c1-11-6-12(2)19(10-11)14-9-16-13(7-17-14)8-18-15(3,4)5/h7,9,11-12,18H,6,8,10H2,1-5H3. The highest BCUT2D eigenvalue weighted by Crippen LogP contribution is 2.26. The SMILES string of the molecule is CC1CC(C)N(c2cnc(CNC(C)(C)C)cn2)C1. The summed E-state index contributed by atoms with van der Waals surface area (Å²) in [4.78, 5) is 11.4. The Morgan fingerprint density at radius 1 is 1.26 bits per heavy atom. The zero-order valence-electron chi connectivity index (χ0n) is 12.8. The average Bonchev–Trinajstić information content (AvgIpc) is 2.66. The minimum atomic E-state index is 0.110. The van der Waals surface area contributed by atoms with Gasteiger partial charge in [0.2, 0.25) is 0 Å². The first kappa shape index (κ1) is 14.3. The van der Waals surface area contributed by atoms with Gasteiger partial charge in [-0.05, 0) is 40.0 Å². The summed E-state index contributed by atoms with van der Waals surface area (Å²) in [6.45, 7) is 12.9. The van der Waals surface area contributed by atoms with E-state index >= 15 is 0 Å². The van der Waals surface area contributed by atoms with Crippen molar-refractivity contribution in [2.24, 2.45) is 5.92 Å². The molecule has 0 aromatic carbocycles. The van der Waals surface area contributed by atoms with E-state index in [0.29, 0.717) is 6.04 Å². The molecule has 1 fully saturated rings. The number of hydrogen-bond acceptors (Lipinski definition) is 4. The van der Waals surface area contributed by atoms with Crippen molar-refractivity contribution < 1.29 is 0 Å². The fourth-order valence-corrected chi connectivity index (χ4v) is 2.56. The number of rotatable bonds is 3. The largest absolute Gasteiger partial charge is 0.352 e. The van der Waals surface area contributed by atoms with E-state index in [1.807, 2.05) is 12.4 Å². The van der Waals surface area contributed by atoms with Crippen LogP contribution >= 0.6 is 0 Å². The fourth-order valence-electron chi connectivity index (χ4n) is 2.56. The normalized spacial score (nSPS) is 23.9.